The number of imidazole rings is 1. The highest BCUT2D eigenvalue weighted by Gasteiger charge is 2.25. The number of thiazole rings is 1. The molecule has 3 heterocycles. The van der Waals surface area contributed by atoms with Gasteiger partial charge >= 0.3 is 0 Å². The Morgan fingerprint density at radius 1 is 0.966 bits per heavy atom. The average Bonchev–Trinajstić information content (AvgIpc) is 3.41. The Hall–Kier alpha value is -3.03. The summed E-state index contributed by atoms with van der Waals surface area (Å²) in [6.45, 7) is 3.96. The van der Waals surface area contributed by atoms with Gasteiger partial charge in [-0.1, -0.05) is 30.3 Å². The second-order valence-electron chi connectivity index (χ2n) is 7.13. The van der Waals surface area contributed by atoms with Crippen molar-refractivity contribution in [3.05, 3.63) is 77.8 Å². The maximum absolute atomic E-state index is 13.1. The molecule has 29 heavy (non-hydrogen) atoms. The minimum atomic E-state index is 0.0333. The number of carbonyl (C=O) groups excluding carboxylic acids is 1. The predicted molar refractivity (Wildman–Crippen MR) is 114 cm³/mol. The molecule has 0 saturated carbocycles. The maximum Gasteiger partial charge on any atom is 0.272 e. The van der Waals surface area contributed by atoms with Crippen LogP contribution < -0.4 is 0 Å². The molecule has 4 aromatic rings. The molecular formula is C22H21N5OS. The predicted octanol–water partition coefficient (Wildman–Crippen LogP) is 3.44. The molecule has 0 atom stereocenters. The number of amides is 1. The Balaban J connectivity index is 1.24. The lowest BCUT2D eigenvalue weighted by Gasteiger charge is -2.34. The van der Waals surface area contributed by atoms with Crippen molar-refractivity contribution in [2.45, 2.75) is 6.54 Å². The van der Waals surface area contributed by atoms with Crippen molar-refractivity contribution in [1.82, 2.24) is 24.3 Å². The number of rotatable bonds is 4. The molecule has 6 nitrogen and oxygen atoms in total. The van der Waals surface area contributed by atoms with Crippen molar-refractivity contribution in [3.8, 4) is 5.69 Å². The lowest BCUT2D eigenvalue weighted by atomic mass is 10.2. The number of fused-ring (bicyclic) bond motifs is 1. The lowest BCUT2D eigenvalue weighted by Crippen LogP contribution is -2.48. The molecule has 1 saturated heterocycles. The Kier molecular flexibility index (Phi) is 4.83. The van der Waals surface area contributed by atoms with Crippen LogP contribution >= 0.6 is 11.3 Å². The summed E-state index contributed by atoms with van der Waals surface area (Å²) in [6.07, 6.45) is 3.36. The summed E-state index contributed by atoms with van der Waals surface area (Å²) < 4.78 is 3.08. The molecule has 5 rings (SSSR count). The Labute approximate surface area is 173 Å². The zero-order valence-electron chi connectivity index (χ0n) is 15.9. The first kappa shape index (κ1) is 18.0. The molecule has 2 aromatic carbocycles. The van der Waals surface area contributed by atoms with Gasteiger partial charge in [0, 0.05) is 31.9 Å². The van der Waals surface area contributed by atoms with Crippen LogP contribution in [0.2, 0.25) is 0 Å². The molecule has 7 heteroatoms. The van der Waals surface area contributed by atoms with E-state index in [1.807, 2.05) is 45.9 Å². The van der Waals surface area contributed by atoms with Crippen molar-refractivity contribution in [2.75, 3.05) is 26.2 Å². The number of piperazine rings is 1. The van der Waals surface area contributed by atoms with Gasteiger partial charge in [0.1, 0.15) is 10.7 Å². The highest BCUT2D eigenvalue weighted by molar-refractivity contribution is 7.18. The third kappa shape index (κ3) is 3.66. The molecule has 1 amide bonds. The van der Waals surface area contributed by atoms with Crippen LogP contribution in [0.4, 0.5) is 0 Å². The number of hydrogen-bond acceptors (Lipinski definition) is 5. The van der Waals surface area contributed by atoms with Crippen LogP contribution in [0, 0.1) is 0 Å². The summed E-state index contributed by atoms with van der Waals surface area (Å²) in [4.78, 5) is 26.3. The average molecular weight is 404 g/mol. The second-order valence-corrected chi connectivity index (χ2v) is 8.24. The molecule has 0 N–H and O–H groups in total. The van der Waals surface area contributed by atoms with E-state index in [2.05, 4.69) is 28.1 Å². The van der Waals surface area contributed by atoms with E-state index >= 15 is 0 Å². The molecule has 0 spiro atoms. The number of nitrogens with zero attached hydrogens (tertiary/aromatic N) is 5. The third-order valence-corrected chi connectivity index (χ3v) is 6.27. The molecule has 0 radical (unpaired) electrons. The van der Waals surface area contributed by atoms with E-state index in [4.69, 9.17) is 4.98 Å². The van der Waals surface area contributed by atoms with E-state index in [0.717, 1.165) is 35.8 Å². The standard InChI is InChI=1S/C22H21N5OS/c28-22(19-14-23-16-27(19)17-6-2-1-3-7-17)26-12-10-25(11-13-26)15-21-24-18-8-4-5-9-20(18)29-21/h1-9,14,16H,10-13,15H2. The Bertz CT molecular complexity index is 1100. The molecule has 0 bridgehead atoms. The van der Waals surface area contributed by atoms with Crippen LogP contribution in [0.3, 0.4) is 0 Å². The highest BCUT2D eigenvalue weighted by Crippen LogP contribution is 2.23. The molecular weight excluding hydrogens is 382 g/mol. The number of hydrogen-bond donors (Lipinski definition) is 0. The maximum atomic E-state index is 13.1. The minimum absolute atomic E-state index is 0.0333. The van der Waals surface area contributed by atoms with Gasteiger partial charge in [0.2, 0.25) is 0 Å². The van der Waals surface area contributed by atoms with Gasteiger partial charge in [-0.15, -0.1) is 11.3 Å². The quantitative estimate of drug-likeness (QED) is 0.524. The van der Waals surface area contributed by atoms with Crippen molar-refractivity contribution < 1.29 is 4.79 Å². The molecule has 146 valence electrons. The largest absolute Gasteiger partial charge is 0.335 e. The van der Waals surface area contributed by atoms with Crippen molar-refractivity contribution in [3.63, 3.8) is 0 Å². The fourth-order valence-corrected chi connectivity index (χ4v) is 4.71. The normalized spacial score (nSPS) is 15.1. The molecule has 1 aliphatic rings. The number of para-hydroxylation sites is 2. The fourth-order valence-electron chi connectivity index (χ4n) is 3.70. The summed E-state index contributed by atoms with van der Waals surface area (Å²) in [7, 11) is 0. The van der Waals surface area contributed by atoms with E-state index in [-0.39, 0.29) is 5.91 Å². The van der Waals surface area contributed by atoms with E-state index < -0.39 is 0 Å². The van der Waals surface area contributed by atoms with Gasteiger partial charge < -0.3 is 4.90 Å². The third-order valence-electron chi connectivity index (χ3n) is 5.25. The summed E-state index contributed by atoms with van der Waals surface area (Å²) in [5.74, 6) is 0.0333. The van der Waals surface area contributed by atoms with E-state index in [1.54, 1.807) is 23.9 Å². The summed E-state index contributed by atoms with van der Waals surface area (Å²) in [6, 6.07) is 18.1. The molecule has 0 aliphatic carbocycles. The first-order valence-corrected chi connectivity index (χ1v) is 10.5. The molecule has 1 aliphatic heterocycles. The zero-order valence-corrected chi connectivity index (χ0v) is 16.8. The van der Waals surface area contributed by atoms with Gasteiger partial charge in [-0.3, -0.25) is 14.3 Å². The highest BCUT2D eigenvalue weighted by atomic mass is 32.1. The molecule has 1 fully saturated rings. The SMILES string of the molecule is O=C(c1cncn1-c1ccccc1)N1CCN(Cc2nc3ccccc3s2)CC1. The fraction of sp³-hybridized carbons (Fsp3) is 0.227. The smallest absolute Gasteiger partial charge is 0.272 e. The number of benzene rings is 2. The van der Waals surface area contributed by atoms with Crippen LogP contribution in [-0.2, 0) is 6.54 Å². The van der Waals surface area contributed by atoms with Crippen LogP contribution in [-0.4, -0.2) is 56.4 Å². The summed E-state index contributed by atoms with van der Waals surface area (Å²) in [5, 5.41) is 1.13. The van der Waals surface area contributed by atoms with Gasteiger partial charge in [0.05, 0.1) is 29.3 Å². The molecule has 2 aromatic heterocycles. The zero-order chi connectivity index (χ0) is 19.6. The van der Waals surface area contributed by atoms with Gasteiger partial charge in [-0.25, -0.2) is 9.97 Å². The second kappa shape index (κ2) is 7.77. The number of carbonyl (C=O) groups is 1. The lowest BCUT2D eigenvalue weighted by molar-refractivity contribution is 0.0620. The Morgan fingerprint density at radius 2 is 1.72 bits per heavy atom. The summed E-state index contributed by atoms with van der Waals surface area (Å²) >= 11 is 1.75. The van der Waals surface area contributed by atoms with Crippen LogP contribution in [0.15, 0.2) is 67.1 Å². The minimum Gasteiger partial charge on any atom is -0.335 e. The van der Waals surface area contributed by atoms with Crippen LogP contribution in [0.5, 0.6) is 0 Å². The Morgan fingerprint density at radius 3 is 2.52 bits per heavy atom. The van der Waals surface area contributed by atoms with Crippen molar-refractivity contribution >= 4 is 27.5 Å². The van der Waals surface area contributed by atoms with Crippen LogP contribution in [0.25, 0.3) is 15.9 Å². The van der Waals surface area contributed by atoms with Gasteiger partial charge in [0.25, 0.3) is 5.91 Å². The first-order chi connectivity index (χ1) is 14.3. The monoisotopic (exact) mass is 403 g/mol. The van der Waals surface area contributed by atoms with Crippen molar-refractivity contribution in [2.24, 2.45) is 0 Å². The van der Waals surface area contributed by atoms with E-state index in [0.29, 0.717) is 18.8 Å². The van der Waals surface area contributed by atoms with Gasteiger partial charge in [0.15, 0.2) is 0 Å². The first-order valence-electron chi connectivity index (χ1n) is 9.72. The van der Waals surface area contributed by atoms with Crippen LogP contribution in [0.1, 0.15) is 15.5 Å². The summed E-state index contributed by atoms with van der Waals surface area (Å²) in [5.41, 5.74) is 2.62. The number of aromatic nitrogens is 3. The molecule has 0 unspecified atom stereocenters. The topological polar surface area (TPSA) is 54.3 Å². The van der Waals surface area contributed by atoms with E-state index in [1.165, 1.54) is 4.70 Å². The van der Waals surface area contributed by atoms with Crippen molar-refractivity contribution in [1.29, 1.82) is 0 Å². The van der Waals surface area contributed by atoms with Gasteiger partial charge in [-0.2, -0.15) is 0 Å². The van der Waals surface area contributed by atoms with E-state index in [9.17, 15) is 4.79 Å². The van der Waals surface area contributed by atoms with Gasteiger partial charge in [-0.05, 0) is 24.3 Å².